The number of benzene rings is 2. The number of carbonyl (C=O) groups is 2. The van der Waals surface area contributed by atoms with E-state index < -0.39 is 5.97 Å². The third-order valence-corrected chi connectivity index (χ3v) is 5.34. The number of hydrogen-bond acceptors (Lipinski definition) is 6. The number of rotatable bonds is 5. The standard InChI is InChI=1S/C20H17ClN2O5S/c1-3-28-15-9-11(8-14(21)17(15)24)10-16-18(25)23(2)20(29-16)22-13-6-4-12(5-7-13)19(26)27/h4-10,24H,3H2,1-2H3,(H,26,27). The summed E-state index contributed by atoms with van der Waals surface area (Å²) in [5.74, 6) is -1.16. The summed E-state index contributed by atoms with van der Waals surface area (Å²) >= 11 is 7.23. The Kier molecular flexibility index (Phi) is 6.14. The topological polar surface area (TPSA) is 99.4 Å². The van der Waals surface area contributed by atoms with Gasteiger partial charge in [0, 0.05) is 7.05 Å². The van der Waals surface area contributed by atoms with Crippen LogP contribution >= 0.6 is 23.4 Å². The van der Waals surface area contributed by atoms with E-state index in [0.29, 0.717) is 27.9 Å². The maximum Gasteiger partial charge on any atom is 0.335 e. The summed E-state index contributed by atoms with van der Waals surface area (Å²) in [7, 11) is 1.61. The quantitative estimate of drug-likeness (QED) is 0.680. The molecule has 1 heterocycles. The van der Waals surface area contributed by atoms with E-state index in [1.165, 1.54) is 28.8 Å². The number of aliphatic imine (C=N–C) groups is 1. The Morgan fingerprint density at radius 1 is 1.31 bits per heavy atom. The molecule has 2 aromatic carbocycles. The first-order valence-corrected chi connectivity index (χ1v) is 9.74. The fraction of sp³-hybridized carbons (Fsp3) is 0.150. The van der Waals surface area contributed by atoms with Crippen molar-refractivity contribution in [3.05, 3.63) is 57.5 Å². The van der Waals surface area contributed by atoms with Gasteiger partial charge in [-0.3, -0.25) is 9.69 Å². The van der Waals surface area contributed by atoms with E-state index in [2.05, 4.69) is 4.99 Å². The number of amides is 1. The van der Waals surface area contributed by atoms with Gasteiger partial charge in [0.05, 0.1) is 27.8 Å². The lowest BCUT2D eigenvalue weighted by molar-refractivity contribution is -0.121. The number of likely N-dealkylation sites (N-methyl/N-ethyl adjacent to an activating group) is 1. The average Bonchev–Trinajstić information content (AvgIpc) is 2.94. The molecule has 0 atom stereocenters. The molecule has 7 nitrogen and oxygen atoms in total. The highest BCUT2D eigenvalue weighted by Gasteiger charge is 2.30. The number of ether oxygens (including phenoxy) is 1. The largest absolute Gasteiger partial charge is 0.503 e. The van der Waals surface area contributed by atoms with Crippen LogP contribution in [-0.4, -0.2) is 45.8 Å². The molecule has 0 aliphatic carbocycles. The predicted octanol–water partition coefficient (Wildman–Crippen LogP) is 4.38. The summed E-state index contributed by atoms with van der Waals surface area (Å²) in [6, 6.07) is 9.20. The highest BCUT2D eigenvalue weighted by Crippen LogP contribution is 2.38. The van der Waals surface area contributed by atoms with E-state index in [0.717, 1.165) is 0 Å². The van der Waals surface area contributed by atoms with Gasteiger partial charge in [0.15, 0.2) is 16.7 Å². The maximum absolute atomic E-state index is 12.6. The van der Waals surface area contributed by atoms with Crippen molar-refractivity contribution in [3.8, 4) is 11.5 Å². The number of halogens is 1. The van der Waals surface area contributed by atoms with Crippen molar-refractivity contribution < 1.29 is 24.5 Å². The number of phenolic OH excluding ortho intramolecular Hbond substituents is 1. The highest BCUT2D eigenvalue weighted by molar-refractivity contribution is 8.18. The normalized spacial score (nSPS) is 16.7. The van der Waals surface area contributed by atoms with Gasteiger partial charge in [0.1, 0.15) is 0 Å². The molecule has 1 aliphatic heterocycles. The number of aromatic hydroxyl groups is 1. The van der Waals surface area contributed by atoms with Gasteiger partial charge in [-0.05, 0) is 66.7 Å². The van der Waals surface area contributed by atoms with Gasteiger partial charge in [-0.1, -0.05) is 11.6 Å². The van der Waals surface area contributed by atoms with Crippen LogP contribution in [0, 0.1) is 0 Å². The van der Waals surface area contributed by atoms with Gasteiger partial charge in [0.2, 0.25) is 0 Å². The Morgan fingerprint density at radius 3 is 2.62 bits per heavy atom. The smallest absolute Gasteiger partial charge is 0.335 e. The summed E-state index contributed by atoms with van der Waals surface area (Å²) in [6.07, 6.45) is 1.65. The molecule has 0 unspecified atom stereocenters. The molecule has 1 amide bonds. The summed E-state index contributed by atoms with van der Waals surface area (Å²) in [5.41, 5.74) is 1.30. The Hall–Kier alpha value is -2.97. The van der Waals surface area contributed by atoms with Crippen molar-refractivity contribution in [3.63, 3.8) is 0 Å². The number of phenols is 1. The van der Waals surface area contributed by atoms with Crippen LogP contribution in [0.25, 0.3) is 6.08 Å². The van der Waals surface area contributed by atoms with Crippen LogP contribution in [-0.2, 0) is 4.79 Å². The van der Waals surface area contributed by atoms with Crippen LogP contribution < -0.4 is 4.74 Å². The molecule has 1 aliphatic rings. The Bertz CT molecular complexity index is 1030. The molecular weight excluding hydrogens is 416 g/mol. The first-order chi connectivity index (χ1) is 13.8. The highest BCUT2D eigenvalue weighted by atomic mass is 35.5. The van der Waals surface area contributed by atoms with Gasteiger partial charge in [-0.2, -0.15) is 0 Å². The number of carboxylic acid groups (broad SMARTS) is 1. The lowest BCUT2D eigenvalue weighted by Crippen LogP contribution is -2.23. The lowest BCUT2D eigenvalue weighted by Gasteiger charge is -2.08. The van der Waals surface area contributed by atoms with Crippen LogP contribution in [0.3, 0.4) is 0 Å². The Morgan fingerprint density at radius 2 is 2.00 bits per heavy atom. The van der Waals surface area contributed by atoms with Crippen LogP contribution in [0.15, 0.2) is 46.3 Å². The van der Waals surface area contributed by atoms with Crippen molar-refractivity contribution >= 4 is 52.2 Å². The second-order valence-corrected chi connectivity index (χ2v) is 7.42. The molecule has 150 valence electrons. The van der Waals surface area contributed by atoms with Gasteiger partial charge in [0.25, 0.3) is 5.91 Å². The van der Waals surface area contributed by atoms with E-state index in [4.69, 9.17) is 21.4 Å². The van der Waals surface area contributed by atoms with E-state index in [1.54, 1.807) is 44.3 Å². The molecular formula is C20H17ClN2O5S. The SMILES string of the molecule is CCOc1cc(C=C2SC(=Nc3ccc(C(=O)O)cc3)N(C)C2=O)cc(Cl)c1O. The predicted molar refractivity (Wildman–Crippen MR) is 113 cm³/mol. The molecule has 0 bridgehead atoms. The van der Waals surface area contributed by atoms with Crippen LogP contribution in [0.2, 0.25) is 5.02 Å². The minimum atomic E-state index is -1.02. The summed E-state index contributed by atoms with van der Waals surface area (Å²) in [5, 5.41) is 19.5. The third kappa shape index (κ3) is 4.55. The fourth-order valence-electron chi connectivity index (χ4n) is 2.53. The summed E-state index contributed by atoms with van der Waals surface area (Å²) < 4.78 is 5.37. The number of thioether (sulfide) groups is 1. The van der Waals surface area contributed by atoms with Crippen LogP contribution in [0.1, 0.15) is 22.8 Å². The molecule has 9 heteroatoms. The molecule has 0 aromatic heterocycles. The molecule has 0 spiro atoms. The minimum absolute atomic E-state index is 0.124. The van der Waals surface area contributed by atoms with Crippen molar-refractivity contribution in [2.75, 3.05) is 13.7 Å². The molecule has 2 aromatic rings. The summed E-state index contributed by atoms with van der Waals surface area (Å²) in [6.45, 7) is 2.15. The number of nitrogens with zero attached hydrogens (tertiary/aromatic N) is 2. The molecule has 29 heavy (non-hydrogen) atoms. The first-order valence-electron chi connectivity index (χ1n) is 8.55. The fourth-order valence-corrected chi connectivity index (χ4v) is 3.74. The van der Waals surface area contributed by atoms with Gasteiger partial charge < -0.3 is 14.9 Å². The van der Waals surface area contributed by atoms with E-state index in [9.17, 15) is 14.7 Å². The zero-order chi connectivity index (χ0) is 21.1. The van der Waals surface area contributed by atoms with Gasteiger partial charge in [-0.15, -0.1) is 0 Å². The zero-order valence-corrected chi connectivity index (χ0v) is 17.1. The Labute approximate surface area is 176 Å². The number of carboxylic acids is 1. The van der Waals surface area contributed by atoms with E-state index >= 15 is 0 Å². The van der Waals surface area contributed by atoms with E-state index in [-0.39, 0.29) is 28.0 Å². The van der Waals surface area contributed by atoms with Gasteiger partial charge in [-0.25, -0.2) is 9.79 Å². The average molecular weight is 433 g/mol. The second-order valence-electron chi connectivity index (χ2n) is 6.00. The number of aromatic carboxylic acids is 1. The first kappa shape index (κ1) is 20.8. The van der Waals surface area contributed by atoms with E-state index in [1.807, 2.05) is 0 Å². The monoisotopic (exact) mass is 432 g/mol. The zero-order valence-electron chi connectivity index (χ0n) is 15.5. The van der Waals surface area contributed by atoms with Crippen molar-refractivity contribution in [1.82, 2.24) is 4.90 Å². The molecule has 2 N–H and O–H groups in total. The van der Waals surface area contributed by atoms with Crippen LogP contribution in [0.4, 0.5) is 5.69 Å². The molecule has 3 rings (SSSR count). The second kappa shape index (κ2) is 8.59. The van der Waals surface area contributed by atoms with Crippen molar-refractivity contribution in [1.29, 1.82) is 0 Å². The van der Waals surface area contributed by atoms with Gasteiger partial charge >= 0.3 is 5.97 Å². The van der Waals surface area contributed by atoms with Crippen LogP contribution in [0.5, 0.6) is 11.5 Å². The molecule has 1 fully saturated rings. The Balaban J connectivity index is 1.89. The molecule has 0 radical (unpaired) electrons. The molecule has 1 saturated heterocycles. The third-order valence-electron chi connectivity index (χ3n) is 3.99. The number of hydrogen-bond donors (Lipinski definition) is 2. The summed E-state index contributed by atoms with van der Waals surface area (Å²) in [4.78, 5) is 29.8. The number of amidine groups is 1. The van der Waals surface area contributed by atoms with Crippen molar-refractivity contribution in [2.45, 2.75) is 6.92 Å². The lowest BCUT2D eigenvalue weighted by atomic mass is 10.2. The maximum atomic E-state index is 12.6. The van der Waals surface area contributed by atoms with Crippen molar-refractivity contribution in [2.24, 2.45) is 4.99 Å². The minimum Gasteiger partial charge on any atom is -0.503 e. The number of carbonyl (C=O) groups excluding carboxylic acids is 1. The molecule has 0 saturated carbocycles.